The van der Waals surface area contributed by atoms with Gasteiger partial charge in [0.25, 0.3) is 5.91 Å². The van der Waals surface area contributed by atoms with E-state index in [1.807, 2.05) is 0 Å². The molecule has 3 N–H and O–H groups in total. The normalized spacial score (nSPS) is 31.9. The Bertz CT molecular complexity index is 1210. The molecule has 4 aliphatic carbocycles. The molecule has 0 heterocycles. The van der Waals surface area contributed by atoms with Crippen LogP contribution in [-0.4, -0.2) is 48.7 Å². The number of carboxylic acids is 1. The van der Waals surface area contributed by atoms with Crippen LogP contribution in [0.15, 0.2) is 12.1 Å². The lowest BCUT2D eigenvalue weighted by Gasteiger charge is -2.39. The van der Waals surface area contributed by atoms with E-state index in [1.54, 1.807) is 19.1 Å². The standard InChI is InChI=1S/C31H41N3O6/c1-30(9-4-10-30)17-33-28(36)24-18-5-6-19(13-18)25(24)34-27(35)23-15-22(14-20(16-32)26(23)39-3)40-21-7-11-31(2,12-8-21)29(37)38/h14-15,18-19,21,24-25H,4-13,17H2,1-3H3,(H,33,36)(H,34,35)(H,37,38)/t18-,19+,21-,24+,25-,31+/m1/s1. The van der Waals surface area contributed by atoms with Crippen LogP contribution in [0.25, 0.3) is 0 Å². The molecule has 5 rings (SSSR count). The fourth-order valence-electron chi connectivity index (χ4n) is 7.38. The van der Waals surface area contributed by atoms with E-state index in [9.17, 15) is 24.8 Å². The lowest BCUT2D eigenvalue weighted by molar-refractivity contribution is -0.150. The van der Waals surface area contributed by atoms with Crippen molar-refractivity contribution >= 4 is 17.8 Å². The van der Waals surface area contributed by atoms with Crippen LogP contribution in [0.1, 0.15) is 94.0 Å². The van der Waals surface area contributed by atoms with E-state index in [2.05, 4.69) is 23.6 Å². The van der Waals surface area contributed by atoms with Gasteiger partial charge in [-0.25, -0.2) is 0 Å². The third-order valence-corrected chi connectivity index (χ3v) is 10.3. The van der Waals surface area contributed by atoms with Gasteiger partial charge in [-0.05, 0) is 88.0 Å². The summed E-state index contributed by atoms with van der Waals surface area (Å²) in [5.41, 5.74) is -0.196. The van der Waals surface area contributed by atoms with E-state index in [0.717, 1.165) is 32.1 Å². The Morgan fingerprint density at radius 1 is 1.07 bits per heavy atom. The Labute approximate surface area is 236 Å². The zero-order valence-corrected chi connectivity index (χ0v) is 23.8. The van der Waals surface area contributed by atoms with Crippen molar-refractivity contribution in [2.45, 2.75) is 90.2 Å². The lowest BCUT2D eigenvalue weighted by Crippen LogP contribution is -2.51. The minimum absolute atomic E-state index is 0.0260. The summed E-state index contributed by atoms with van der Waals surface area (Å²) in [5, 5.41) is 25.7. The summed E-state index contributed by atoms with van der Waals surface area (Å²) in [6.07, 6.45) is 8.29. The second kappa shape index (κ2) is 10.9. The first-order valence-corrected chi connectivity index (χ1v) is 14.7. The van der Waals surface area contributed by atoms with Crippen molar-refractivity contribution in [1.29, 1.82) is 5.26 Å². The van der Waals surface area contributed by atoms with Crippen molar-refractivity contribution in [2.24, 2.45) is 28.6 Å². The highest BCUT2D eigenvalue weighted by Crippen LogP contribution is 2.49. The van der Waals surface area contributed by atoms with Crippen LogP contribution < -0.4 is 20.1 Å². The number of hydrogen-bond acceptors (Lipinski definition) is 6. The van der Waals surface area contributed by atoms with Gasteiger partial charge in [0.2, 0.25) is 5.91 Å². The number of amides is 2. The molecule has 1 aromatic rings. The Morgan fingerprint density at radius 3 is 2.38 bits per heavy atom. The fraction of sp³-hybridized carbons (Fsp3) is 0.677. The van der Waals surface area contributed by atoms with Gasteiger partial charge in [-0.1, -0.05) is 13.3 Å². The lowest BCUT2D eigenvalue weighted by atomic mass is 9.70. The van der Waals surface area contributed by atoms with E-state index in [1.165, 1.54) is 13.5 Å². The second-order valence-corrected chi connectivity index (χ2v) is 13.1. The van der Waals surface area contributed by atoms with Gasteiger partial charge in [0, 0.05) is 18.7 Å². The van der Waals surface area contributed by atoms with Crippen molar-refractivity contribution in [3.63, 3.8) is 0 Å². The zero-order valence-electron chi connectivity index (χ0n) is 23.8. The van der Waals surface area contributed by atoms with Crippen LogP contribution in [0.2, 0.25) is 0 Å². The summed E-state index contributed by atoms with van der Waals surface area (Å²) in [4.78, 5) is 38.7. The summed E-state index contributed by atoms with van der Waals surface area (Å²) in [5.74, 6) is -0.364. The summed E-state index contributed by atoms with van der Waals surface area (Å²) in [7, 11) is 1.43. The highest BCUT2D eigenvalue weighted by molar-refractivity contribution is 5.99. The van der Waals surface area contributed by atoms with Gasteiger partial charge in [-0.15, -0.1) is 0 Å². The number of nitrogens with zero attached hydrogens (tertiary/aromatic N) is 1. The topological polar surface area (TPSA) is 138 Å². The van der Waals surface area contributed by atoms with E-state index in [0.29, 0.717) is 38.0 Å². The number of fused-ring (bicyclic) bond motifs is 2. The minimum atomic E-state index is -0.800. The molecule has 0 spiro atoms. The third kappa shape index (κ3) is 5.37. The third-order valence-electron chi connectivity index (χ3n) is 10.3. The maximum Gasteiger partial charge on any atom is 0.309 e. The first-order valence-electron chi connectivity index (χ1n) is 14.7. The fourth-order valence-corrected chi connectivity index (χ4v) is 7.38. The first kappa shape index (κ1) is 28.3. The summed E-state index contributed by atoms with van der Waals surface area (Å²) < 4.78 is 11.7. The molecular weight excluding hydrogens is 510 g/mol. The van der Waals surface area contributed by atoms with Gasteiger partial charge < -0.3 is 25.2 Å². The highest BCUT2D eigenvalue weighted by Gasteiger charge is 2.52. The molecule has 2 bridgehead atoms. The number of nitriles is 1. The van der Waals surface area contributed by atoms with Crippen LogP contribution in [0.5, 0.6) is 11.5 Å². The molecule has 0 radical (unpaired) electrons. The number of carbonyl (C=O) groups is 3. The van der Waals surface area contributed by atoms with Crippen LogP contribution >= 0.6 is 0 Å². The summed E-state index contributed by atoms with van der Waals surface area (Å²) in [6.45, 7) is 4.64. The van der Waals surface area contributed by atoms with Gasteiger partial charge in [0.15, 0.2) is 0 Å². The molecule has 9 heteroatoms. The molecule has 2 amide bonds. The van der Waals surface area contributed by atoms with E-state index in [-0.39, 0.29) is 64.0 Å². The average molecular weight is 552 g/mol. The van der Waals surface area contributed by atoms with Crippen molar-refractivity contribution < 1.29 is 29.0 Å². The van der Waals surface area contributed by atoms with Crippen molar-refractivity contribution in [1.82, 2.24) is 10.6 Å². The van der Waals surface area contributed by atoms with E-state index < -0.39 is 11.4 Å². The average Bonchev–Trinajstić information content (AvgIpc) is 3.53. The maximum atomic E-state index is 13.7. The number of nitrogens with one attached hydrogen (secondary N) is 2. The first-order chi connectivity index (χ1) is 19.1. The Hall–Kier alpha value is -3.28. The predicted molar refractivity (Wildman–Crippen MR) is 147 cm³/mol. The van der Waals surface area contributed by atoms with E-state index >= 15 is 0 Å². The summed E-state index contributed by atoms with van der Waals surface area (Å²) in [6, 6.07) is 5.00. The molecular formula is C31H41N3O6. The molecule has 9 nitrogen and oxygen atoms in total. The number of hydrogen-bond donors (Lipinski definition) is 3. The van der Waals surface area contributed by atoms with Gasteiger partial charge in [0.05, 0.1) is 35.7 Å². The quantitative estimate of drug-likeness (QED) is 0.413. The van der Waals surface area contributed by atoms with Gasteiger partial charge in [0.1, 0.15) is 17.6 Å². The van der Waals surface area contributed by atoms with Gasteiger partial charge >= 0.3 is 5.97 Å². The molecule has 40 heavy (non-hydrogen) atoms. The molecule has 4 atom stereocenters. The van der Waals surface area contributed by atoms with Gasteiger partial charge in [-0.2, -0.15) is 5.26 Å². The van der Waals surface area contributed by atoms with Crippen molar-refractivity contribution in [3.05, 3.63) is 23.3 Å². The maximum absolute atomic E-state index is 13.7. The van der Waals surface area contributed by atoms with E-state index in [4.69, 9.17) is 9.47 Å². The number of benzene rings is 1. The predicted octanol–water partition coefficient (Wildman–Crippen LogP) is 4.43. The molecule has 4 aliphatic rings. The number of aliphatic carboxylic acids is 1. The number of carbonyl (C=O) groups excluding carboxylic acids is 2. The van der Waals surface area contributed by atoms with Crippen LogP contribution in [0.3, 0.4) is 0 Å². The highest BCUT2D eigenvalue weighted by atomic mass is 16.5. The minimum Gasteiger partial charge on any atom is -0.495 e. The number of rotatable bonds is 9. The van der Waals surface area contributed by atoms with Crippen LogP contribution in [0.4, 0.5) is 0 Å². The smallest absolute Gasteiger partial charge is 0.309 e. The Balaban J connectivity index is 1.31. The SMILES string of the molecule is COc1c(C#N)cc(O[C@H]2CC[C@@](C)(C(=O)O)CC2)cc1C(=O)N[C@@H]1[C@H]2CC[C@H](C2)[C@@H]1C(=O)NCC1(C)CCC1. The summed E-state index contributed by atoms with van der Waals surface area (Å²) >= 11 is 0. The van der Waals surface area contributed by atoms with Crippen molar-refractivity contribution in [3.8, 4) is 17.6 Å². The molecule has 0 saturated heterocycles. The monoisotopic (exact) mass is 551 g/mol. The molecule has 4 fully saturated rings. The largest absolute Gasteiger partial charge is 0.495 e. The van der Waals surface area contributed by atoms with Gasteiger partial charge in [-0.3, -0.25) is 14.4 Å². The zero-order chi connectivity index (χ0) is 28.7. The number of methoxy groups -OCH3 is 1. The Morgan fingerprint density at radius 2 is 1.77 bits per heavy atom. The number of ether oxygens (including phenoxy) is 2. The molecule has 1 aromatic carbocycles. The number of carboxylic acid groups (broad SMARTS) is 1. The molecule has 0 aliphatic heterocycles. The molecule has 0 unspecified atom stereocenters. The Kier molecular flexibility index (Phi) is 7.73. The molecule has 0 aromatic heterocycles. The molecule has 4 saturated carbocycles. The van der Waals surface area contributed by atoms with Crippen LogP contribution in [-0.2, 0) is 9.59 Å². The van der Waals surface area contributed by atoms with Crippen LogP contribution in [0, 0.1) is 39.9 Å². The molecule has 216 valence electrons. The second-order valence-electron chi connectivity index (χ2n) is 13.1. The van der Waals surface area contributed by atoms with Crippen molar-refractivity contribution in [2.75, 3.05) is 13.7 Å².